The fourth-order valence-electron chi connectivity index (χ4n) is 3.14. The maximum atomic E-state index is 12.9. The summed E-state index contributed by atoms with van der Waals surface area (Å²) in [5, 5.41) is 2.77. The molecule has 0 spiro atoms. The zero-order valence-electron chi connectivity index (χ0n) is 15.2. The second-order valence-electron chi connectivity index (χ2n) is 6.66. The third-order valence-corrected chi connectivity index (χ3v) is 5.98. The van der Waals surface area contributed by atoms with Gasteiger partial charge in [-0.3, -0.25) is 4.72 Å². The fourth-order valence-corrected chi connectivity index (χ4v) is 4.23. The van der Waals surface area contributed by atoms with Gasteiger partial charge in [0.05, 0.1) is 4.90 Å². The summed E-state index contributed by atoms with van der Waals surface area (Å²) in [7, 11) is -2.06. The molecule has 2 N–H and O–H groups in total. The van der Waals surface area contributed by atoms with Gasteiger partial charge in [-0.15, -0.1) is 0 Å². The first-order valence-corrected chi connectivity index (χ1v) is 10.2. The first-order valence-electron chi connectivity index (χ1n) is 8.76. The molecule has 0 unspecified atom stereocenters. The lowest BCUT2D eigenvalue weighted by Crippen LogP contribution is -2.35. The molecular formula is C21H19N3O3S. The van der Waals surface area contributed by atoms with Gasteiger partial charge in [0.2, 0.25) is 0 Å². The molecule has 1 aliphatic rings. The number of anilines is 2. The maximum Gasteiger partial charge on any atom is 0.321 e. The lowest BCUT2D eigenvalue weighted by Gasteiger charge is -2.26. The SMILES string of the molecule is CN1Cc2cc(NS(=O)(=O)c3cccc(-c4ccccc4)c3)ccc2NC1=O. The van der Waals surface area contributed by atoms with Crippen LogP contribution in [-0.2, 0) is 16.6 Å². The van der Waals surface area contributed by atoms with Gasteiger partial charge in [0.1, 0.15) is 0 Å². The van der Waals surface area contributed by atoms with Crippen molar-refractivity contribution in [1.29, 1.82) is 0 Å². The van der Waals surface area contributed by atoms with Crippen molar-refractivity contribution in [1.82, 2.24) is 4.90 Å². The largest absolute Gasteiger partial charge is 0.323 e. The molecule has 3 aromatic carbocycles. The van der Waals surface area contributed by atoms with E-state index in [9.17, 15) is 13.2 Å². The predicted molar refractivity (Wildman–Crippen MR) is 110 cm³/mol. The van der Waals surface area contributed by atoms with Gasteiger partial charge in [-0.1, -0.05) is 42.5 Å². The van der Waals surface area contributed by atoms with Crippen LogP contribution in [0.3, 0.4) is 0 Å². The molecule has 0 radical (unpaired) electrons. The van der Waals surface area contributed by atoms with Gasteiger partial charge in [0.25, 0.3) is 10.0 Å². The van der Waals surface area contributed by atoms with E-state index in [2.05, 4.69) is 10.0 Å². The molecule has 6 nitrogen and oxygen atoms in total. The first-order chi connectivity index (χ1) is 13.4. The van der Waals surface area contributed by atoms with Crippen LogP contribution in [0.2, 0.25) is 0 Å². The number of benzene rings is 3. The molecule has 4 rings (SSSR count). The Morgan fingerprint density at radius 3 is 2.46 bits per heavy atom. The van der Waals surface area contributed by atoms with Crippen molar-refractivity contribution >= 4 is 27.4 Å². The van der Waals surface area contributed by atoms with E-state index in [1.807, 2.05) is 36.4 Å². The summed E-state index contributed by atoms with van der Waals surface area (Å²) < 4.78 is 28.4. The van der Waals surface area contributed by atoms with Crippen LogP contribution >= 0.6 is 0 Å². The summed E-state index contributed by atoms with van der Waals surface area (Å²) >= 11 is 0. The van der Waals surface area contributed by atoms with Crippen molar-refractivity contribution in [3.05, 3.63) is 78.4 Å². The number of nitrogens with one attached hydrogen (secondary N) is 2. The van der Waals surface area contributed by atoms with Gasteiger partial charge in [0.15, 0.2) is 0 Å². The Morgan fingerprint density at radius 1 is 0.929 bits per heavy atom. The van der Waals surface area contributed by atoms with Crippen LogP contribution in [0.5, 0.6) is 0 Å². The number of hydrogen-bond donors (Lipinski definition) is 2. The molecule has 1 aliphatic heterocycles. The van der Waals surface area contributed by atoms with Crippen molar-refractivity contribution < 1.29 is 13.2 Å². The average Bonchev–Trinajstić information content (AvgIpc) is 2.70. The summed E-state index contributed by atoms with van der Waals surface area (Å²) in [5.74, 6) is 0. The lowest BCUT2D eigenvalue weighted by molar-refractivity contribution is 0.218. The topological polar surface area (TPSA) is 78.5 Å². The van der Waals surface area contributed by atoms with Crippen LogP contribution in [0.4, 0.5) is 16.2 Å². The van der Waals surface area contributed by atoms with Crippen LogP contribution in [-0.4, -0.2) is 26.4 Å². The summed E-state index contributed by atoms with van der Waals surface area (Å²) in [5.41, 5.74) is 3.77. The Labute approximate surface area is 163 Å². The molecule has 1 heterocycles. The van der Waals surface area contributed by atoms with Crippen molar-refractivity contribution in [2.75, 3.05) is 17.1 Å². The van der Waals surface area contributed by atoms with Gasteiger partial charge in [-0.25, -0.2) is 13.2 Å². The number of urea groups is 1. The molecule has 0 saturated carbocycles. The Balaban J connectivity index is 1.62. The number of carbonyl (C=O) groups excluding carboxylic acids is 1. The zero-order valence-corrected chi connectivity index (χ0v) is 16.0. The number of fused-ring (bicyclic) bond motifs is 1. The van der Waals surface area contributed by atoms with Crippen LogP contribution in [0.25, 0.3) is 11.1 Å². The Bertz CT molecular complexity index is 1140. The highest BCUT2D eigenvalue weighted by Crippen LogP contribution is 2.28. The van der Waals surface area contributed by atoms with Crippen molar-refractivity contribution in [2.24, 2.45) is 0 Å². The second-order valence-corrected chi connectivity index (χ2v) is 8.34. The Morgan fingerprint density at radius 2 is 1.68 bits per heavy atom. The molecular weight excluding hydrogens is 374 g/mol. The molecule has 2 amide bonds. The summed E-state index contributed by atoms with van der Waals surface area (Å²) in [6, 6.07) is 21.4. The molecule has 0 aliphatic carbocycles. The predicted octanol–water partition coefficient (Wildman–Crippen LogP) is 4.13. The second kappa shape index (κ2) is 7.01. The smallest absolute Gasteiger partial charge is 0.321 e. The number of nitrogens with zero attached hydrogens (tertiary/aromatic N) is 1. The minimum absolute atomic E-state index is 0.182. The number of carbonyl (C=O) groups is 1. The minimum Gasteiger partial charge on any atom is -0.323 e. The van der Waals surface area contributed by atoms with Gasteiger partial charge in [-0.05, 0) is 47.0 Å². The van der Waals surface area contributed by atoms with E-state index in [0.717, 1.165) is 16.7 Å². The van der Waals surface area contributed by atoms with E-state index in [-0.39, 0.29) is 10.9 Å². The number of hydrogen-bond acceptors (Lipinski definition) is 3. The molecule has 28 heavy (non-hydrogen) atoms. The molecule has 0 fully saturated rings. The quantitative estimate of drug-likeness (QED) is 0.699. The number of amides is 2. The fraction of sp³-hybridized carbons (Fsp3) is 0.0952. The van der Waals surface area contributed by atoms with Crippen LogP contribution < -0.4 is 10.0 Å². The monoisotopic (exact) mass is 393 g/mol. The van der Waals surface area contributed by atoms with Crippen molar-refractivity contribution in [2.45, 2.75) is 11.4 Å². The Kier molecular flexibility index (Phi) is 4.52. The number of sulfonamides is 1. The van der Waals surface area contributed by atoms with Crippen LogP contribution in [0, 0.1) is 0 Å². The average molecular weight is 393 g/mol. The van der Waals surface area contributed by atoms with E-state index in [1.54, 1.807) is 43.4 Å². The highest BCUT2D eigenvalue weighted by atomic mass is 32.2. The van der Waals surface area contributed by atoms with Crippen LogP contribution in [0.15, 0.2) is 77.7 Å². The summed E-state index contributed by atoms with van der Waals surface area (Å²) in [4.78, 5) is 13.4. The molecule has 3 aromatic rings. The van der Waals surface area contributed by atoms with Gasteiger partial charge in [-0.2, -0.15) is 0 Å². The van der Waals surface area contributed by atoms with Gasteiger partial charge < -0.3 is 10.2 Å². The highest BCUT2D eigenvalue weighted by molar-refractivity contribution is 7.92. The highest BCUT2D eigenvalue weighted by Gasteiger charge is 2.21. The lowest BCUT2D eigenvalue weighted by atomic mass is 10.1. The molecule has 0 atom stereocenters. The molecule has 0 bridgehead atoms. The van der Waals surface area contributed by atoms with Crippen molar-refractivity contribution in [3.63, 3.8) is 0 Å². The standard InChI is InChI=1S/C21H19N3O3S/c1-24-14-17-12-18(10-11-20(17)22-21(24)25)23-28(26,27)19-9-5-8-16(13-19)15-6-3-2-4-7-15/h2-13,23H,14H2,1H3,(H,22,25). The maximum absolute atomic E-state index is 12.9. The van der Waals surface area contributed by atoms with E-state index in [1.165, 1.54) is 4.90 Å². The van der Waals surface area contributed by atoms with E-state index < -0.39 is 10.0 Å². The van der Waals surface area contributed by atoms with Crippen molar-refractivity contribution in [3.8, 4) is 11.1 Å². The molecule has 142 valence electrons. The van der Waals surface area contributed by atoms with Gasteiger partial charge in [0, 0.05) is 25.0 Å². The molecule has 0 saturated heterocycles. The third-order valence-electron chi connectivity index (χ3n) is 4.60. The number of rotatable bonds is 4. The van der Waals surface area contributed by atoms with E-state index in [4.69, 9.17) is 0 Å². The summed E-state index contributed by atoms with van der Waals surface area (Å²) in [6.45, 7) is 0.417. The van der Waals surface area contributed by atoms with E-state index >= 15 is 0 Å². The van der Waals surface area contributed by atoms with Crippen LogP contribution in [0.1, 0.15) is 5.56 Å². The third kappa shape index (κ3) is 3.57. The summed E-state index contributed by atoms with van der Waals surface area (Å²) in [6.07, 6.45) is 0. The minimum atomic E-state index is -3.75. The first kappa shape index (κ1) is 18.1. The molecule has 0 aromatic heterocycles. The zero-order chi connectivity index (χ0) is 19.7. The molecule has 7 heteroatoms. The Hall–Kier alpha value is -3.32. The van der Waals surface area contributed by atoms with E-state index in [0.29, 0.717) is 17.9 Å². The van der Waals surface area contributed by atoms with Gasteiger partial charge >= 0.3 is 6.03 Å². The normalized spacial score (nSPS) is 13.6.